The van der Waals surface area contributed by atoms with Crippen molar-refractivity contribution in [3.63, 3.8) is 0 Å². The zero-order chi connectivity index (χ0) is 10.2. The number of nitrogens with zero attached hydrogens (tertiary/aromatic N) is 2. The number of anilines is 1. The third-order valence-electron chi connectivity index (χ3n) is 1.45. The smallest absolute Gasteiger partial charge is 0.206 e. The summed E-state index contributed by atoms with van der Waals surface area (Å²) in [6.07, 6.45) is 1.10. The fourth-order valence-electron chi connectivity index (χ4n) is 0.784. The number of methoxy groups -OCH3 is 1. The van der Waals surface area contributed by atoms with Crippen LogP contribution in [-0.4, -0.2) is 36.2 Å². The quantitative estimate of drug-likeness (QED) is 0.577. The molecule has 0 fully saturated rings. The first-order chi connectivity index (χ1) is 6.86. The Labute approximate surface area is 92.5 Å². The van der Waals surface area contributed by atoms with Crippen molar-refractivity contribution in [2.24, 2.45) is 0 Å². The number of thioether (sulfide) groups is 1. The molecular weight excluding hydrogens is 218 g/mol. The van der Waals surface area contributed by atoms with Crippen molar-refractivity contribution in [2.45, 2.75) is 17.7 Å². The van der Waals surface area contributed by atoms with Crippen molar-refractivity contribution in [2.75, 3.05) is 31.3 Å². The largest absolute Gasteiger partial charge is 0.384 e. The molecule has 1 aromatic rings. The van der Waals surface area contributed by atoms with E-state index in [0.29, 0.717) is 0 Å². The van der Waals surface area contributed by atoms with Gasteiger partial charge >= 0.3 is 0 Å². The molecule has 0 radical (unpaired) electrons. The van der Waals surface area contributed by atoms with E-state index in [1.165, 1.54) is 0 Å². The fraction of sp³-hybridized carbons (Fsp3) is 0.750. The van der Waals surface area contributed by atoms with Gasteiger partial charge in [-0.15, -0.1) is 10.2 Å². The molecule has 0 aliphatic carbocycles. The minimum atomic E-state index is 0.752. The summed E-state index contributed by atoms with van der Waals surface area (Å²) in [6.45, 7) is 3.83. The van der Waals surface area contributed by atoms with Gasteiger partial charge in [0.25, 0.3) is 0 Å². The van der Waals surface area contributed by atoms with Crippen LogP contribution in [0.2, 0.25) is 0 Å². The lowest BCUT2D eigenvalue weighted by Gasteiger charge is -1.95. The predicted molar refractivity (Wildman–Crippen MR) is 61.3 cm³/mol. The lowest BCUT2D eigenvalue weighted by molar-refractivity contribution is 0.218. The minimum absolute atomic E-state index is 0.752. The van der Waals surface area contributed by atoms with Gasteiger partial charge in [-0.1, -0.05) is 30.0 Å². The van der Waals surface area contributed by atoms with Gasteiger partial charge in [-0.25, -0.2) is 0 Å². The summed E-state index contributed by atoms with van der Waals surface area (Å²) in [7, 11) is 1.70. The molecule has 0 saturated carbocycles. The molecule has 0 aromatic carbocycles. The molecule has 0 atom stereocenters. The fourth-order valence-corrected chi connectivity index (χ4v) is 2.53. The lowest BCUT2D eigenvalue weighted by atomic mass is 10.5. The molecule has 0 aliphatic rings. The SMILES string of the molecule is CCCNc1nnc(SCCOC)s1. The highest BCUT2D eigenvalue weighted by atomic mass is 32.2. The molecule has 0 amide bonds. The van der Waals surface area contributed by atoms with Crippen LogP contribution >= 0.6 is 23.1 Å². The van der Waals surface area contributed by atoms with Crippen molar-refractivity contribution in [1.82, 2.24) is 10.2 Å². The summed E-state index contributed by atoms with van der Waals surface area (Å²) in [5.74, 6) is 0.929. The van der Waals surface area contributed by atoms with Crippen molar-refractivity contribution >= 4 is 28.2 Å². The topological polar surface area (TPSA) is 47.0 Å². The van der Waals surface area contributed by atoms with Crippen molar-refractivity contribution in [1.29, 1.82) is 0 Å². The minimum Gasteiger partial charge on any atom is -0.384 e. The molecule has 4 nitrogen and oxygen atoms in total. The molecular formula is C8H15N3OS2. The molecule has 0 aliphatic heterocycles. The van der Waals surface area contributed by atoms with Crippen LogP contribution in [0.5, 0.6) is 0 Å². The van der Waals surface area contributed by atoms with Crippen LogP contribution in [0.4, 0.5) is 5.13 Å². The number of hydrogen-bond donors (Lipinski definition) is 1. The summed E-state index contributed by atoms with van der Waals surface area (Å²) >= 11 is 3.28. The second kappa shape index (κ2) is 7.03. The molecule has 1 heterocycles. The van der Waals surface area contributed by atoms with Gasteiger partial charge in [0.05, 0.1) is 6.61 Å². The van der Waals surface area contributed by atoms with Gasteiger partial charge in [0, 0.05) is 19.4 Å². The van der Waals surface area contributed by atoms with Crippen LogP contribution < -0.4 is 5.32 Å². The van der Waals surface area contributed by atoms with E-state index < -0.39 is 0 Å². The van der Waals surface area contributed by atoms with Gasteiger partial charge in [0.2, 0.25) is 5.13 Å². The zero-order valence-electron chi connectivity index (χ0n) is 8.45. The Balaban J connectivity index is 2.27. The average molecular weight is 233 g/mol. The zero-order valence-corrected chi connectivity index (χ0v) is 10.1. The maximum Gasteiger partial charge on any atom is 0.206 e. The standard InChI is InChI=1S/C8H15N3OS2/c1-3-4-9-7-10-11-8(14-7)13-6-5-12-2/h3-6H2,1-2H3,(H,9,10). The first kappa shape index (κ1) is 11.7. The van der Waals surface area contributed by atoms with E-state index in [9.17, 15) is 0 Å². The average Bonchev–Trinajstić information content (AvgIpc) is 2.63. The molecule has 0 saturated heterocycles. The molecule has 80 valence electrons. The Bertz CT molecular complexity index is 254. The Morgan fingerprint density at radius 3 is 3.07 bits per heavy atom. The van der Waals surface area contributed by atoms with Crippen molar-refractivity contribution < 1.29 is 4.74 Å². The maximum atomic E-state index is 4.96. The highest BCUT2D eigenvalue weighted by molar-refractivity contribution is 8.01. The summed E-state index contributed by atoms with van der Waals surface area (Å²) < 4.78 is 5.96. The van der Waals surface area contributed by atoms with Crippen LogP contribution in [0.1, 0.15) is 13.3 Å². The summed E-state index contributed by atoms with van der Waals surface area (Å²) in [4.78, 5) is 0. The molecule has 14 heavy (non-hydrogen) atoms. The molecule has 0 unspecified atom stereocenters. The van der Waals surface area contributed by atoms with Crippen LogP contribution in [0.25, 0.3) is 0 Å². The van der Waals surface area contributed by atoms with Crippen LogP contribution in [0, 0.1) is 0 Å². The van der Waals surface area contributed by atoms with E-state index in [-0.39, 0.29) is 0 Å². The van der Waals surface area contributed by atoms with E-state index in [0.717, 1.165) is 34.8 Å². The Morgan fingerprint density at radius 1 is 1.50 bits per heavy atom. The normalized spacial score (nSPS) is 10.4. The van der Waals surface area contributed by atoms with Crippen molar-refractivity contribution in [3.05, 3.63) is 0 Å². The second-order valence-corrected chi connectivity index (χ2v) is 4.96. The van der Waals surface area contributed by atoms with Crippen molar-refractivity contribution in [3.8, 4) is 0 Å². The van der Waals surface area contributed by atoms with Crippen LogP contribution in [0.3, 0.4) is 0 Å². The third-order valence-corrected chi connectivity index (χ3v) is 3.42. The van der Waals surface area contributed by atoms with E-state index in [1.54, 1.807) is 30.2 Å². The third kappa shape index (κ3) is 4.26. The number of rotatable bonds is 7. The Morgan fingerprint density at radius 2 is 2.36 bits per heavy atom. The van der Waals surface area contributed by atoms with Gasteiger partial charge in [-0.2, -0.15) is 0 Å². The van der Waals surface area contributed by atoms with Gasteiger partial charge in [-0.05, 0) is 6.42 Å². The van der Waals surface area contributed by atoms with Gasteiger partial charge in [-0.3, -0.25) is 0 Å². The number of ether oxygens (including phenoxy) is 1. The first-order valence-electron chi connectivity index (χ1n) is 4.56. The molecule has 1 rings (SSSR count). The molecule has 1 aromatic heterocycles. The predicted octanol–water partition coefficient (Wildman–Crippen LogP) is 2.10. The summed E-state index contributed by atoms with van der Waals surface area (Å²) in [5.41, 5.74) is 0. The summed E-state index contributed by atoms with van der Waals surface area (Å²) in [5, 5.41) is 12.2. The Kier molecular flexibility index (Phi) is 5.89. The lowest BCUT2D eigenvalue weighted by Crippen LogP contribution is -1.98. The molecule has 0 bridgehead atoms. The first-order valence-corrected chi connectivity index (χ1v) is 6.36. The number of nitrogens with one attached hydrogen (secondary N) is 1. The Hall–Kier alpha value is -0.330. The number of aromatic nitrogens is 2. The van der Waals surface area contributed by atoms with Gasteiger partial charge < -0.3 is 10.1 Å². The second-order valence-electron chi connectivity index (χ2n) is 2.64. The molecule has 0 spiro atoms. The van der Waals surface area contributed by atoms with E-state index in [1.807, 2.05) is 0 Å². The van der Waals surface area contributed by atoms with E-state index in [2.05, 4.69) is 22.4 Å². The van der Waals surface area contributed by atoms with Crippen LogP contribution in [-0.2, 0) is 4.74 Å². The highest BCUT2D eigenvalue weighted by Crippen LogP contribution is 2.24. The van der Waals surface area contributed by atoms with Gasteiger partial charge in [0.15, 0.2) is 4.34 Å². The summed E-state index contributed by atoms with van der Waals surface area (Å²) in [6, 6.07) is 0. The maximum absolute atomic E-state index is 4.96. The van der Waals surface area contributed by atoms with Crippen LogP contribution in [0.15, 0.2) is 4.34 Å². The molecule has 6 heteroatoms. The highest BCUT2D eigenvalue weighted by Gasteiger charge is 2.02. The number of hydrogen-bond acceptors (Lipinski definition) is 6. The molecule has 1 N–H and O–H groups in total. The van der Waals surface area contributed by atoms with Gasteiger partial charge in [0.1, 0.15) is 0 Å². The van der Waals surface area contributed by atoms with E-state index >= 15 is 0 Å². The monoisotopic (exact) mass is 233 g/mol. The van der Waals surface area contributed by atoms with E-state index in [4.69, 9.17) is 4.74 Å².